The summed E-state index contributed by atoms with van der Waals surface area (Å²) in [5, 5.41) is 0. The summed E-state index contributed by atoms with van der Waals surface area (Å²) in [5.74, 6) is 1.05. The van der Waals surface area contributed by atoms with Crippen molar-refractivity contribution < 1.29 is 0 Å². The Kier molecular flexibility index (Phi) is 3.09. The number of nitrogen functional groups attached to an aromatic ring is 1. The summed E-state index contributed by atoms with van der Waals surface area (Å²) in [6.07, 6.45) is 1.69. The Balaban J connectivity index is 2.46. The second-order valence-corrected chi connectivity index (χ2v) is 4.55. The SMILES string of the molecule is Cc1ccc(-c2ncc(N)c(C(C)C)n2)cc1. The van der Waals surface area contributed by atoms with Crippen LogP contribution in [0.1, 0.15) is 31.0 Å². The van der Waals surface area contributed by atoms with E-state index in [-0.39, 0.29) is 0 Å². The minimum atomic E-state index is 0.308. The van der Waals surface area contributed by atoms with Gasteiger partial charge in [-0.1, -0.05) is 43.7 Å². The summed E-state index contributed by atoms with van der Waals surface area (Å²) in [4.78, 5) is 8.82. The van der Waals surface area contributed by atoms with E-state index in [1.165, 1.54) is 5.56 Å². The Morgan fingerprint density at radius 2 is 1.76 bits per heavy atom. The monoisotopic (exact) mass is 227 g/mol. The number of hydrogen-bond acceptors (Lipinski definition) is 3. The van der Waals surface area contributed by atoms with Gasteiger partial charge in [0.25, 0.3) is 0 Å². The Labute approximate surface area is 102 Å². The van der Waals surface area contributed by atoms with Crippen LogP contribution in [0.25, 0.3) is 11.4 Å². The average Bonchev–Trinajstić information content (AvgIpc) is 2.30. The van der Waals surface area contributed by atoms with Crippen molar-refractivity contribution in [3.05, 3.63) is 41.7 Å². The summed E-state index contributed by atoms with van der Waals surface area (Å²) < 4.78 is 0. The standard InChI is InChI=1S/C14H17N3/c1-9(2)13-12(15)8-16-14(17-13)11-6-4-10(3)5-7-11/h4-9H,15H2,1-3H3. The number of aryl methyl sites for hydroxylation is 1. The lowest BCUT2D eigenvalue weighted by Gasteiger charge is -2.09. The molecule has 0 spiro atoms. The van der Waals surface area contributed by atoms with Gasteiger partial charge in [0.05, 0.1) is 17.6 Å². The molecule has 2 rings (SSSR count). The van der Waals surface area contributed by atoms with Crippen LogP contribution in [0.2, 0.25) is 0 Å². The van der Waals surface area contributed by atoms with Crippen LogP contribution in [0, 0.1) is 6.92 Å². The minimum Gasteiger partial charge on any atom is -0.396 e. The molecular weight excluding hydrogens is 210 g/mol. The van der Waals surface area contributed by atoms with Crippen molar-refractivity contribution in [3.63, 3.8) is 0 Å². The summed E-state index contributed by atoms with van der Waals surface area (Å²) >= 11 is 0. The van der Waals surface area contributed by atoms with Crippen LogP contribution in [0.5, 0.6) is 0 Å². The van der Waals surface area contributed by atoms with Gasteiger partial charge < -0.3 is 5.73 Å². The summed E-state index contributed by atoms with van der Waals surface area (Å²) in [5.41, 5.74) is 9.70. The molecule has 0 bridgehead atoms. The highest BCUT2D eigenvalue weighted by Crippen LogP contribution is 2.22. The van der Waals surface area contributed by atoms with E-state index in [1.807, 2.05) is 12.1 Å². The smallest absolute Gasteiger partial charge is 0.159 e. The number of nitrogens with two attached hydrogens (primary N) is 1. The lowest BCUT2D eigenvalue weighted by atomic mass is 10.1. The number of rotatable bonds is 2. The third-order valence-corrected chi connectivity index (χ3v) is 2.70. The zero-order valence-electron chi connectivity index (χ0n) is 10.4. The number of nitrogens with zero attached hydrogens (tertiary/aromatic N) is 2. The highest BCUT2D eigenvalue weighted by Gasteiger charge is 2.09. The lowest BCUT2D eigenvalue weighted by Crippen LogP contribution is -2.03. The van der Waals surface area contributed by atoms with Crippen LogP contribution in [0.4, 0.5) is 5.69 Å². The average molecular weight is 227 g/mol. The predicted octanol–water partition coefficient (Wildman–Crippen LogP) is 3.16. The molecule has 1 aromatic carbocycles. The summed E-state index contributed by atoms with van der Waals surface area (Å²) in [6.45, 7) is 6.22. The molecule has 0 aliphatic carbocycles. The van der Waals surface area contributed by atoms with Gasteiger partial charge in [-0.05, 0) is 12.8 Å². The van der Waals surface area contributed by atoms with Crippen molar-refractivity contribution in [2.24, 2.45) is 0 Å². The number of aromatic nitrogens is 2. The zero-order valence-corrected chi connectivity index (χ0v) is 10.4. The molecule has 0 atom stereocenters. The van der Waals surface area contributed by atoms with Crippen molar-refractivity contribution >= 4 is 5.69 Å². The minimum absolute atomic E-state index is 0.308. The second-order valence-electron chi connectivity index (χ2n) is 4.55. The van der Waals surface area contributed by atoms with Gasteiger partial charge in [0.1, 0.15) is 0 Å². The highest BCUT2D eigenvalue weighted by atomic mass is 14.9. The van der Waals surface area contributed by atoms with Crippen LogP contribution in [-0.4, -0.2) is 9.97 Å². The fourth-order valence-corrected chi connectivity index (χ4v) is 1.71. The van der Waals surface area contributed by atoms with Crippen molar-refractivity contribution in [1.82, 2.24) is 9.97 Å². The predicted molar refractivity (Wildman–Crippen MR) is 70.7 cm³/mol. The highest BCUT2D eigenvalue weighted by molar-refractivity contribution is 5.57. The maximum absolute atomic E-state index is 5.87. The molecule has 88 valence electrons. The van der Waals surface area contributed by atoms with Gasteiger partial charge in [-0.2, -0.15) is 0 Å². The van der Waals surface area contributed by atoms with Crippen LogP contribution < -0.4 is 5.73 Å². The van der Waals surface area contributed by atoms with E-state index in [4.69, 9.17) is 5.73 Å². The third kappa shape index (κ3) is 2.44. The van der Waals surface area contributed by atoms with Crippen molar-refractivity contribution in [2.45, 2.75) is 26.7 Å². The van der Waals surface area contributed by atoms with Gasteiger partial charge in [0.15, 0.2) is 5.82 Å². The molecule has 0 aliphatic rings. The Hall–Kier alpha value is -1.90. The normalized spacial score (nSPS) is 10.8. The van der Waals surface area contributed by atoms with E-state index in [1.54, 1.807) is 6.20 Å². The van der Waals surface area contributed by atoms with E-state index >= 15 is 0 Å². The number of anilines is 1. The first-order chi connectivity index (χ1) is 8.08. The van der Waals surface area contributed by atoms with Gasteiger partial charge >= 0.3 is 0 Å². The van der Waals surface area contributed by atoms with Gasteiger partial charge in [-0.25, -0.2) is 9.97 Å². The zero-order chi connectivity index (χ0) is 12.4. The van der Waals surface area contributed by atoms with Crippen LogP contribution in [-0.2, 0) is 0 Å². The quantitative estimate of drug-likeness (QED) is 0.857. The first-order valence-electron chi connectivity index (χ1n) is 5.77. The van der Waals surface area contributed by atoms with E-state index in [0.717, 1.165) is 17.1 Å². The lowest BCUT2D eigenvalue weighted by molar-refractivity contribution is 0.821. The van der Waals surface area contributed by atoms with Gasteiger partial charge in [-0.3, -0.25) is 0 Å². The van der Waals surface area contributed by atoms with E-state index in [9.17, 15) is 0 Å². The molecule has 2 aromatic rings. The maximum Gasteiger partial charge on any atom is 0.159 e. The maximum atomic E-state index is 5.87. The molecule has 0 saturated carbocycles. The van der Waals surface area contributed by atoms with E-state index in [0.29, 0.717) is 11.6 Å². The molecule has 0 amide bonds. The molecule has 0 aliphatic heterocycles. The van der Waals surface area contributed by atoms with Gasteiger partial charge in [0, 0.05) is 5.56 Å². The molecule has 2 N–H and O–H groups in total. The Bertz CT molecular complexity index is 515. The van der Waals surface area contributed by atoms with E-state index in [2.05, 4.69) is 42.9 Å². The largest absolute Gasteiger partial charge is 0.396 e. The van der Waals surface area contributed by atoms with Crippen LogP contribution >= 0.6 is 0 Å². The molecule has 0 fully saturated rings. The molecule has 3 heteroatoms. The molecule has 17 heavy (non-hydrogen) atoms. The Morgan fingerprint density at radius 3 is 2.35 bits per heavy atom. The molecule has 1 aromatic heterocycles. The number of hydrogen-bond donors (Lipinski definition) is 1. The molecule has 0 radical (unpaired) electrons. The van der Waals surface area contributed by atoms with Gasteiger partial charge in [-0.15, -0.1) is 0 Å². The molecular formula is C14H17N3. The van der Waals surface area contributed by atoms with Crippen molar-refractivity contribution in [1.29, 1.82) is 0 Å². The van der Waals surface area contributed by atoms with Crippen LogP contribution in [0.3, 0.4) is 0 Å². The molecule has 0 unspecified atom stereocenters. The fourth-order valence-electron chi connectivity index (χ4n) is 1.71. The van der Waals surface area contributed by atoms with Crippen molar-refractivity contribution in [2.75, 3.05) is 5.73 Å². The fraction of sp³-hybridized carbons (Fsp3) is 0.286. The molecule has 0 saturated heterocycles. The summed E-state index contributed by atoms with van der Waals surface area (Å²) in [7, 11) is 0. The Morgan fingerprint density at radius 1 is 1.12 bits per heavy atom. The molecule has 1 heterocycles. The van der Waals surface area contributed by atoms with Crippen LogP contribution in [0.15, 0.2) is 30.5 Å². The first kappa shape index (κ1) is 11.6. The molecule has 3 nitrogen and oxygen atoms in total. The number of benzene rings is 1. The summed E-state index contributed by atoms with van der Waals surface area (Å²) in [6, 6.07) is 8.18. The van der Waals surface area contributed by atoms with Crippen molar-refractivity contribution in [3.8, 4) is 11.4 Å². The topological polar surface area (TPSA) is 51.8 Å². The second kappa shape index (κ2) is 4.53. The van der Waals surface area contributed by atoms with Gasteiger partial charge in [0.2, 0.25) is 0 Å². The third-order valence-electron chi connectivity index (χ3n) is 2.70. The first-order valence-corrected chi connectivity index (χ1v) is 5.77. The van der Waals surface area contributed by atoms with E-state index < -0.39 is 0 Å².